The molecule has 0 heterocycles. The third kappa shape index (κ3) is 6.84. The lowest BCUT2D eigenvalue weighted by Crippen LogP contribution is -2.21. The molecule has 1 aromatic rings. The van der Waals surface area contributed by atoms with Crippen molar-refractivity contribution in [2.45, 2.75) is 6.54 Å². The van der Waals surface area contributed by atoms with Gasteiger partial charge >= 0.3 is 0 Å². The fourth-order valence-corrected chi connectivity index (χ4v) is 1.30. The SMILES string of the molecule is Cl.Cl.NCCNCc1ccc(I)cc1. The first-order valence-electron chi connectivity index (χ1n) is 3.98. The van der Waals surface area contributed by atoms with Gasteiger partial charge < -0.3 is 11.1 Å². The summed E-state index contributed by atoms with van der Waals surface area (Å²) in [4.78, 5) is 0. The molecule has 1 aromatic carbocycles. The predicted octanol–water partition coefficient (Wildman–Crippen LogP) is 2.18. The molecule has 0 radical (unpaired) electrons. The highest BCUT2D eigenvalue weighted by Crippen LogP contribution is 2.05. The van der Waals surface area contributed by atoms with Crippen LogP contribution in [0.1, 0.15) is 5.56 Å². The molecule has 0 aliphatic rings. The van der Waals surface area contributed by atoms with Crippen molar-refractivity contribution in [3.8, 4) is 0 Å². The molecule has 3 N–H and O–H groups in total. The van der Waals surface area contributed by atoms with E-state index in [1.807, 2.05) is 0 Å². The van der Waals surface area contributed by atoms with Gasteiger partial charge in [0.05, 0.1) is 0 Å². The summed E-state index contributed by atoms with van der Waals surface area (Å²) < 4.78 is 1.27. The second-order valence-electron chi connectivity index (χ2n) is 2.59. The Morgan fingerprint density at radius 3 is 2.21 bits per heavy atom. The van der Waals surface area contributed by atoms with Crippen LogP contribution in [-0.2, 0) is 6.54 Å². The summed E-state index contributed by atoms with van der Waals surface area (Å²) in [6, 6.07) is 8.48. The highest BCUT2D eigenvalue weighted by atomic mass is 127. The molecule has 2 nitrogen and oxygen atoms in total. The topological polar surface area (TPSA) is 38.0 Å². The standard InChI is InChI=1S/C9H13IN2.2ClH/c10-9-3-1-8(2-4-9)7-12-6-5-11;;/h1-4,12H,5-7,11H2;2*1H. The van der Waals surface area contributed by atoms with Crippen LogP contribution in [0.3, 0.4) is 0 Å². The Hall–Kier alpha value is 0.450. The Balaban J connectivity index is 0. The third-order valence-corrected chi connectivity index (χ3v) is 2.28. The molecule has 0 saturated carbocycles. The predicted molar refractivity (Wildman–Crippen MR) is 74.4 cm³/mol. The fourth-order valence-electron chi connectivity index (χ4n) is 0.937. The lowest BCUT2D eigenvalue weighted by Gasteiger charge is -2.02. The number of nitrogens with one attached hydrogen (secondary N) is 1. The van der Waals surface area contributed by atoms with Crippen molar-refractivity contribution >= 4 is 47.4 Å². The van der Waals surface area contributed by atoms with Gasteiger partial charge in [-0.3, -0.25) is 0 Å². The van der Waals surface area contributed by atoms with E-state index >= 15 is 0 Å². The summed E-state index contributed by atoms with van der Waals surface area (Å²) in [5.41, 5.74) is 6.66. The first-order valence-corrected chi connectivity index (χ1v) is 5.06. The smallest absolute Gasteiger partial charge is 0.0206 e. The zero-order chi connectivity index (χ0) is 8.81. The quantitative estimate of drug-likeness (QED) is 0.646. The highest BCUT2D eigenvalue weighted by molar-refractivity contribution is 14.1. The highest BCUT2D eigenvalue weighted by Gasteiger charge is 1.90. The van der Waals surface area contributed by atoms with Gasteiger partial charge in [-0.2, -0.15) is 0 Å². The average Bonchev–Trinajstić information content (AvgIpc) is 2.09. The molecular weight excluding hydrogens is 334 g/mol. The minimum atomic E-state index is 0. The van der Waals surface area contributed by atoms with E-state index in [4.69, 9.17) is 5.73 Å². The second-order valence-corrected chi connectivity index (χ2v) is 3.84. The van der Waals surface area contributed by atoms with Crippen LogP contribution in [0.2, 0.25) is 0 Å². The molecule has 5 heteroatoms. The number of rotatable bonds is 4. The lowest BCUT2D eigenvalue weighted by molar-refractivity contribution is 0.695. The van der Waals surface area contributed by atoms with E-state index in [1.165, 1.54) is 9.13 Å². The summed E-state index contributed by atoms with van der Waals surface area (Å²) in [5, 5.41) is 3.24. The zero-order valence-electron chi connectivity index (χ0n) is 7.70. The molecule has 0 aliphatic heterocycles. The Labute approximate surface area is 111 Å². The number of benzene rings is 1. The number of halogens is 3. The second kappa shape index (κ2) is 9.98. The van der Waals surface area contributed by atoms with E-state index in [9.17, 15) is 0 Å². The van der Waals surface area contributed by atoms with Gasteiger partial charge in [-0.05, 0) is 40.3 Å². The normalized spacial score (nSPS) is 8.71. The lowest BCUT2D eigenvalue weighted by atomic mass is 10.2. The van der Waals surface area contributed by atoms with Crippen LogP contribution in [0.15, 0.2) is 24.3 Å². The molecule has 0 spiro atoms. The molecule has 0 unspecified atom stereocenters. The fraction of sp³-hybridized carbons (Fsp3) is 0.333. The Morgan fingerprint density at radius 2 is 1.71 bits per heavy atom. The Morgan fingerprint density at radius 1 is 1.14 bits per heavy atom. The third-order valence-electron chi connectivity index (χ3n) is 1.56. The first-order chi connectivity index (χ1) is 5.83. The van der Waals surface area contributed by atoms with E-state index in [-0.39, 0.29) is 24.8 Å². The van der Waals surface area contributed by atoms with Gasteiger partial charge in [-0.25, -0.2) is 0 Å². The van der Waals surface area contributed by atoms with Gasteiger partial charge in [-0.15, -0.1) is 24.8 Å². The first kappa shape index (κ1) is 16.9. The van der Waals surface area contributed by atoms with Crippen LogP contribution in [0.4, 0.5) is 0 Å². The van der Waals surface area contributed by atoms with Crippen molar-refractivity contribution in [3.05, 3.63) is 33.4 Å². The number of hydrogen-bond acceptors (Lipinski definition) is 2. The van der Waals surface area contributed by atoms with Crippen molar-refractivity contribution in [1.29, 1.82) is 0 Å². The molecule has 0 bridgehead atoms. The Bertz CT molecular complexity index is 229. The van der Waals surface area contributed by atoms with Crippen LogP contribution in [-0.4, -0.2) is 13.1 Å². The van der Waals surface area contributed by atoms with Crippen molar-refractivity contribution in [2.75, 3.05) is 13.1 Å². The minimum absolute atomic E-state index is 0. The van der Waals surface area contributed by atoms with E-state index < -0.39 is 0 Å². The zero-order valence-corrected chi connectivity index (χ0v) is 11.5. The van der Waals surface area contributed by atoms with Crippen LogP contribution < -0.4 is 11.1 Å². The minimum Gasteiger partial charge on any atom is -0.329 e. The number of hydrogen-bond donors (Lipinski definition) is 2. The van der Waals surface area contributed by atoms with Gasteiger partial charge in [0.2, 0.25) is 0 Å². The van der Waals surface area contributed by atoms with E-state index in [2.05, 4.69) is 52.2 Å². The van der Waals surface area contributed by atoms with Crippen molar-refractivity contribution in [1.82, 2.24) is 5.32 Å². The monoisotopic (exact) mass is 348 g/mol. The molecule has 0 aromatic heterocycles. The van der Waals surface area contributed by atoms with Gasteiger partial charge in [0.1, 0.15) is 0 Å². The van der Waals surface area contributed by atoms with Crippen molar-refractivity contribution in [2.24, 2.45) is 5.73 Å². The van der Waals surface area contributed by atoms with Gasteiger partial charge in [0, 0.05) is 23.2 Å². The van der Waals surface area contributed by atoms with Crippen molar-refractivity contribution in [3.63, 3.8) is 0 Å². The van der Waals surface area contributed by atoms with Gasteiger partial charge in [-0.1, -0.05) is 12.1 Å². The number of nitrogens with two attached hydrogens (primary N) is 1. The molecule has 0 saturated heterocycles. The maximum absolute atomic E-state index is 5.35. The summed E-state index contributed by atoms with van der Waals surface area (Å²) in [6.45, 7) is 2.49. The molecule has 1 rings (SSSR count). The molecule has 0 fully saturated rings. The van der Waals surface area contributed by atoms with Crippen LogP contribution in [0.5, 0.6) is 0 Å². The van der Waals surface area contributed by atoms with Crippen LogP contribution in [0.25, 0.3) is 0 Å². The van der Waals surface area contributed by atoms with Crippen LogP contribution in [0, 0.1) is 3.57 Å². The Kier molecular flexibility index (Phi) is 12.0. The van der Waals surface area contributed by atoms with Crippen LogP contribution >= 0.6 is 47.4 Å². The molecule has 82 valence electrons. The summed E-state index contributed by atoms with van der Waals surface area (Å²) in [6.07, 6.45) is 0. The average molecular weight is 349 g/mol. The van der Waals surface area contributed by atoms with Crippen molar-refractivity contribution < 1.29 is 0 Å². The van der Waals surface area contributed by atoms with E-state index in [1.54, 1.807) is 0 Å². The van der Waals surface area contributed by atoms with Gasteiger partial charge in [0.15, 0.2) is 0 Å². The maximum Gasteiger partial charge on any atom is 0.0206 e. The molecule has 0 atom stereocenters. The van der Waals surface area contributed by atoms with E-state index in [0.29, 0.717) is 6.54 Å². The molecule has 0 amide bonds. The summed E-state index contributed by atoms with van der Waals surface area (Å²) >= 11 is 2.30. The molecular formula is C9H15Cl2IN2. The molecule has 14 heavy (non-hydrogen) atoms. The van der Waals surface area contributed by atoms with E-state index in [0.717, 1.165) is 13.1 Å². The summed E-state index contributed by atoms with van der Waals surface area (Å²) in [7, 11) is 0. The molecule has 0 aliphatic carbocycles. The van der Waals surface area contributed by atoms with Gasteiger partial charge in [0.25, 0.3) is 0 Å². The summed E-state index contributed by atoms with van der Waals surface area (Å²) in [5.74, 6) is 0. The largest absolute Gasteiger partial charge is 0.329 e. The maximum atomic E-state index is 5.35.